The minimum absolute atomic E-state index is 0.0431. The number of aliphatic hydroxyl groups excluding tert-OH is 2. The summed E-state index contributed by atoms with van der Waals surface area (Å²) < 4.78 is 61.5. The first kappa shape index (κ1) is 115. The van der Waals surface area contributed by atoms with Crippen LogP contribution in [0.25, 0.3) is 0 Å². The molecule has 0 aliphatic heterocycles. The van der Waals surface area contributed by atoms with Crippen LogP contribution in [0, 0.1) is 0 Å². The van der Waals surface area contributed by atoms with E-state index >= 15 is 0 Å². The summed E-state index contributed by atoms with van der Waals surface area (Å²) in [6.07, 6.45) is 125. The molecule has 4 N–H and O–H groups in total. The number of unbranched alkanes of at least 4 members (excludes halogenated alkanes) is 34. The third kappa shape index (κ3) is 94.9. The third-order valence-corrected chi connectivity index (χ3v) is 21.7. The molecule has 0 aromatic carbocycles. The first-order valence-corrected chi connectivity index (χ1v) is 50.7. The minimum Gasteiger partial charge on any atom is -0.463 e. The van der Waals surface area contributed by atoms with Crippen LogP contribution in [0.5, 0.6) is 0 Å². The first-order chi connectivity index (χ1) is 59.2. The summed E-state index contributed by atoms with van der Waals surface area (Å²) in [5, 5.41) is 20.8. The Morgan fingerprint density at radius 3 is 0.711 bits per heavy atom. The van der Waals surface area contributed by atoms with E-state index in [0.717, 1.165) is 154 Å². The Labute approximate surface area is 737 Å². The zero-order valence-electron chi connectivity index (χ0n) is 76.1. The van der Waals surface area contributed by atoms with Crippen molar-refractivity contribution in [2.45, 2.75) is 399 Å². The van der Waals surface area contributed by atoms with E-state index in [0.29, 0.717) is 25.7 Å². The second-order valence-corrected chi connectivity index (χ2v) is 34.3. The Morgan fingerprint density at radius 2 is 0.438 bits per heavy atom. The summed E-state index contributed by atoms with van der Waals surface area (Å²) in [6.45, 7) is 2.40. The number of ether oxygens (including phenoxy) is 3. The largest absolute Gasteiger partial charge is 0.472 e. The lowest BCUT2D eigenvalue weighted by Gasteiger charge is -2.21. The SMILES string of the molecule is CC/C=C\C/C=C\C/C=C\C/C=C\C/C=C\C/C=C\CCCCCCCCCCCCCCC(=O)OCC(COP(=O)(O)OCC(O)COP(=O)(O)OCC(O)COC(=O)CCCCCCCCCCCCCCCCCCC/C=C\C/C=C\C/C=C\C/C=C\CCCCC)OC(=O)CCCC/C=C\C/C=C\C/C=C\C/C=C\C/C=C\C/C=C\CC. The molecular weight excluding hydrogens is 1560 g/mol. The number of phosphoric acid groups is 2. The Balaban J connectivity index is 4.60. The van der Waals surface area contributed by atoms with Crippen molar-refractivity contribution in [1.29, 1.82) is 0 Å². The number of aliphatic hydroxyl groups is 2. The Kier molecular flexibility index (Phi) is 89.2. The number of hydrogen-bond acceptors (Lipinski definition) is 14. The first-order valence-electron chi connectivity index (χ1n) is 47.7. The molecule has 0 aromatic rings. The Hall–Kier alpha value is -5.61. The number of rotatable bonds is 89. The van der Waals surface area contributed by atoms with Crippen LogP contribution >= 0.6 is 15.6 Å². The summed E-state index contributed by atoms with van der Waals surface area (Å²) in [5.74, 6) is -1.63. The van der Waals surface area contributed by atoms with Crippen LogP contribution in [0.15, 0.2) is 194 Å². The van der Waals surface area contributed by atoms with Crippen LogP contribution in [-0.2, 0) is 55.8 Å². The van der Waals surface area contributed by atoms with Gasteiger partial charge in [-0.05, 0) is 167 Å². The molecule has 0 saturated carbocycles. The predicted molar refractivity (Wildman–Crippen MR) is 509 cm³/mol. The van der Waals surface area contributed by atoms with Crippen LogP contribution in [-0.4, -0.2) is 95.9 Å². The highest BCUT2D eigenvalue weighted by Crippen LogP contribution is 2.45. The van der Waals surface area contributed by atoms with Crippen molar-refractivity contribution in [2.24, 2.45) is 0 Å². The van der Waals surface area contributed by atoms with Gasteiger partial charge in [0.2, 0.25) is 0 Å². The summed E-state index contributed by atoms with van der Waals surface area (Å²) in [7, 11) is -9.83. The highest BCUT2D eigenvalue weighted by Gasteiger charge is 2.29. The van der Waals surface area contributed by atoms with E-state index in [1.807, 2.05) is 0 Å². The number of carbonyl (C=O) groups is 3. The van der Waals surface area contributed by atoms with Crippen molar-refractivity contribution in [2.75, 3.05) is 39.6 Å². The van der Waals surface area contributed by atoms with E-state index in [9.17, 15) is 43.5 Å². The van der Waals surface area contributed by atoms with Crippen LogP contribution < -0.4 is 0 Å². The van der Waals surface area contributed by atoms with Gasteiger partial charge in [0.1, 0.15) is 25.4 Å². The molecule has 5 unspecified atom stereocenters. The van der Waals surface area contributed by atoms with Gasteiger partial charge >= 0.3 is 33.6 Å². The van der Waals surface area contributed by atoms with Crippen molar-refractivity contribution in [1.82, 2.24) is 0 Å². The molecule has 690 valence electrons. The maximum Gasteiger partial charge on any atom is 0.472 e. The molecule has 0 spiro atoms. The number of carbonyl (C=O) groups excluding carboxylic acids is 3. The van der Waals surface area contributed by atoms with Gasteiger partial charge in [0.25, 0.3) is 0 Å². The molecule has 0 heterocycles. The monoisotopic (exact) mass is 1730 g/mol. The van der Waals surface area contributed by atoms with E-state index in [-0.39, 0.29) is 19.3 Å². The zero-order valence-corrected chi connectivity index (χ0v) is 77.9. The van der Waals surface area contributed by atoms with Crippen molar-refractivity contribution >= 4 is 33.6 Å². The molecule has 0 aliphatic carbocycles. The van der Waals surface area contributed by atoms with Crippen molar-refractivity contribution < 1.29 is 75.8 Å². The van der Waals surface area contributed by atoms with Gasteiger partial charge in [-0.3, -0.25) is 32.5 Å². The maximum absolute atomic E-state index is 13.1. The average Bonchev–Trinajstić information content (AvgIpc) is 0.882. The summed E-state index contributed by atoms with van der Waals surface area (Å²) >= 11 is 0. The number of esters is 3. The summed E-state index contributed by atoms with van der Waals surface area (Å²) in [4.78, 5) is 59.0. The van der Waals surface area contributed by atoms with E-state index < -0.39 is 91.5 Å². The summed E-state index contributed by atoms with van der Waals surface area (Å²) in [5.41, 5.74) is 0. The fourth-order valence-corrected chi connectivity index (χ4v) is 14.2. The van der Waals surface area contributed by atoms with Crippen LogP contribution in [0.2, 0.25) is 0 Å². The van der Waals surface area contributed by atoms with Gasteiger partial charge in [0.05, 0.1) is 26.4 Å². The van der Waals surface area contributed by atoms with Gasteiger partial charge in [-0.2, -0.15) is 0 Å². The van der Waals surface area contributed by atoms with E-state index in [1.54, 1.807) is 0 Å². The standard InChI is InChI=1S/C103H172O16P2/c1-4-7-10-13-16-19-22-25-28-31-34-37-39-41-43-45-47-48-50-52-53-55-57-60-62-65-68-71-74-77-80-83-86-89-101(106)113-92-98(104)93-115-120(109,110)116-94-99(105)95-117-121(111,112)118-97-100(119-103(108)91-88-85-82-79-76-73-70-67-64-59-36-33-30-27-24-21-18-15-12-9-6-3)96-114-102(107)90-87-84-81-78-75-72-69-66-63-61-58-56-54-51-49-46-44-42-40-38-35-32-29-26-23-20-17-14-11-8-5-2/h8-9,11-12,16-21,25-30,34-38,41-44,49,51,59,67,70,76,79,98-100,104-105H,4-7,10,13-15,22-24,31-33,39-40,45-48,50,52-58,60-66,68-69,71-75,77-78,80-97H2,1-3H3,(H,109,110)(H,111,112)/b11-8-,12-9-,19-16-,20-17-,21-18-,28-25-,29-26-,30-27-,37-34-,38-35-,43-41-,44-42-,51-49-,59-36-,70-67-,79-76-. The van der Waals surface area contributed by atoms with Crippen molar-refractivity contribution in [3.8, 4) is 0 Å². The van der Waals surface area contributed by atoms with Gasteiger partial charge in [-0.15, -0.1) is 0 Å². The molecule has 121 heavy (non-hydrogen) atoms. The van der Waals surface area contributed by atoms with Gasteiger partial charge in [0, 0.05) is 19.3 Å². The molecule has 18 heteroatoms. The maximum atomic E-state index is 13.1. The molecule has 0 radical (unpaired) electrons. The zero-order chi connectivity index (χ0) is 87.9. The molecule has 16 nitrogen and oxygen atoms in total. The minimum atomic E-state index is -4.96. The smallest absolute Gasteiger partial charge is 0.463 e. The molecule has 0 bridgehead atoms. The van der Waals surface area contributed by atoms with Gasteiger partial charge in [0.15, 0.2) is 6.10 Å². The van der Waals surface area contributed by atoms with E-state index in [4.69, 9.17) is 32.3 Å². The van der Waals surface area contributed by atoms with Crippen LogP contribution in [0.1, 0.15) is 380 Å². The second-order valence-electron chi connectivity index (χ2n) is 31.4. The lowest BCUT2D eigenvalue weighted by atomic mass is 10.0. The van der Waals surface area contributed by atoms with Gasteiger partial charge in [-0.1, -0.05) is 389 Å². The Morgan fingerprint density at radius 1 is 0.240 bits per heavy atom. The van der Waals surface area contributed by atoms with Crippen molar-refractivity contribution in [3.05, 3.63) is 194 Å². The van der Waals surface area contributed by atoms with Crippen LogP contribution in [0.3, 0.4) is 0 Å². The predicted octanol–water partition coefficient (Wildman–Crippen LogP) is 29.8. The highest BCUT2D eigenvalue weighted by molar-refractivity contribution is 7.47. The van der Waals surface area contributed by atoms with Gasteiger partial charge < -0.3 is 34.2 Å². The fraction of sp³-hybridized carbons (Fsp3) is 0.660. The normalized spacial score (nSPS) is 14.6. The molecule has 0 aromatic heterocycles. The molecule has 0 aliphatic rings. The number of allylic oxidation sites excluding steroid dienone is 32. The average molecular weight is 1730 g/mol. The van der Waals surface area contributed by atoms with E-state index in [1.165, 1.54) is 161 Å². The molecule has 5 atom stereocenters. The molecule has 0 saturated heterocycles. The fourth-order valence-electron chi connectivity index (χ4n) is 12.6. The van der Waals surface area contributed by atoms with Crippen molar-refractivity contribution in [3.63, 3.8) is 0 Å². The molecular formula is C103H172O16P2. The molecule has 0 fully saturated rings. The lowest BCUT2D eigenvalue weighted by molar-refractivity contribution is -0.161. The van der Waals surface area contributed by atoms with Gasteiger partial charge in [-0.25, -0.2) is 9.13 Å². The second kappa shape index (κ2) is 93.5. The topological polar surface area (TPSA) is 231 Å². The lowest BCUT2D eigenvalue weighted by Crippen LogP contribution is -2.30. The highest BCUT2D eigenvalue weighted by atomic mass is 31.2. The van der Waals surface area contributed by atoms with Crippen LogP contribution in [0.4, 0.5) is 0 Å². The van der Waals surface area contributed by atoms with E-state index in [2.05, 4.69) is 215 Å². The molecule has 0 amide bonds. The third-order valence-electron chi connectivity index (χ3n) is 19.8. The summed E-state index contributed by atoms with van der Waals surface area (Å²) in [6, 6.07) is 0. The number of phosphoric ester groups is 2. The number of hydrogen-bond donors (Lipinski definition) is 4. The Bertz CT molecular complexity index is 2980. The molecule has 0 rings (SSSR count). The quantitative estimate of drug-likeness (QED) is 0.0146.